The van der Waals surface area contributed by atoms with Crippen molar-refractivity contribution in [2.45, 2.75) is 13.2 Å². The van der Waals surface area contributed by atoms with E-state index in [0.717, 1.165) is 15.3 Å². The highest BCUT2D eigenvalue weighted by Crippen LogP contribution is 2.24. The first kappa shape index (κ1) is 19.0. The van der Waals surface area contributed by atoms with E-state index in [1.54, 1.807) is 24.3 Å². The lowest BCUT2D eigenvalue weighted by Crippen LogP contribution is -2.27. The second kappa shape index (κ2) is 8.34. The van der Waals surface area contributed by atoms with E-state index in [2.05, 4.69) is 10.1 Å². The number of hydrogen-bond donors (Lipinski definition) is 1. The molecule has 0 saturated carbocycles. The molecule has 0 unspecified atom stereocenters. The van der Waals surface area contributed by atoms with Crippen molar-refractivity contribution in [3.8, 4) is 10.6 Å². The van der Waals surface area contributed by atoms with Crippen LogP contribution in [0.5, 0.6) is 0 Å². The predicted molar refractivity (Wildman–Crippen MR) is 110 cm³/mol. The van der Waals surface area contributed by atoms with E-state index in [0.29, 0.717) is 16.5 Å². The van der Waals surface area contributed by atoms with Crippen molar-refractivity contribution in [2.75, 3.05) is 6.61 Å². The van der Waals surface area contributed by atoms with Crippen molar-refractivity contribution in [2.24, 2.45) is 0 Å². The summed E-state index contributed by atoms with van der Waals surface area (Å²) in [7, 11) is 0. The molecule has 0 bridgehead atoms. The van der Waals surface area contributed by atoms with Gasteiger partial charge in [0.05, 0.1) is 24.2 Å². The summed E-state index contributed by atoms with van der Waals surface area (Å²) in [4.78, 5) is 29.6. The number of ether oxygens (including phenoxy) is 1. The minimum absolute atomic E-state index is 0.00268. The Balaban J connectivity index is 1.58. The van der Waals surface area contributed by atoms with Gasteiger partial charge in [0.1, 0.15) is 11.6 Å². The Morgan fingerprint density at radius 3 is 2.55 bits per heavy atom. The van der Waals surface area contributed by atoms with Crippen molar-refractivity contribution in [3.05, 3.63) is 81.7 Å². The fourth-order valence-corrected chi connectivity index (χ4v) is 3.74. The highest BCUT2D eigenvalue weighted by Gasteiger charge is 2.18. The molecule has 0 fully saturated rings. The number of hydrogen-bond acceptors (Lipinski definition) is 7. The summed E-state index contributed by atoms with van der Waals surface area (Å²) in [6.45, 7) is -0.269. The quantitative estimate of drug-likeness (QED) is 0.494. The minimum Gasteiger partial charge on any atom is -0.454 e. The van der Waals surface area contributed by atoms with Gasteiger partial charge in [0.15, 0.2) is 5.69 Å². The van der Waals surface area contributed by atoms with Crippen LogP contribution >= 0.6 is 11.3 Å². The molecule has 2 heterocycles. The fourth-order valence-electron chi connectivity index (χ4n) is 2.93. The van der Waals surface area contributed by atoms with Crippen LogP contribution in [-0.2, 0) is 17.9 Å². The summed E-state index contributed by atoms with van der Waals surface area (Å²) < 4.78 is 6.49. The number of fused-ring (bicyclic) bond motifs is 1. The number of esters is 1. The van der Waals surface area contributed by atoms with Crippen LogP contribution in [0.1, 0.15) is 16.2 Å². The van der Waals surface area contributed by atoms with Crippen LogP contribution in [0.15, 0.2) is 64.8 Å². The van der Waals surface area contributed by atoms with Crippen molar-refractivity contribution in [1.29, 1.82) is 0 Å². The van der Waals surface area contributed by atoms with Crippen LogP contribution in [0.2, 0.25) is 0 Å². The Labute approximate surface area is 169 Å². The maximum atomic E-state index is 12.7. The SMILES string of the molecule is O=C(OCc1csc(-c2ccccc2)n1)c1nn(CCO)c(=O)c2ccccc12. The lowest BCUT2D eigenvalue weighted by atomic mass is 10.1. The fraction of sp³-hybridized carbons (Fsp3) is 0.143. The van der Waals surface area contributed by atoms with Crippen LogP contribution in [0.3, 0.4) is 0 Å². The Morgan fingerprint density at radius 1 is 1.07 bits per heavy atom. The molecule has 29 heavy (non-hydrogen) atoms. The molecular weight excluding hydrogens is 390 g/mol. The number of aliphatic hydroxyl groups is 1. The normalized spacial score (nSPS) is 10.9. The molecule has 7 nitrogen and oxygen atoms in total. The molecular formula is C21H17N3O4S. The molecule has 0 radical (unpaired) electrons. The molecule has 0 saturated heterocycles. The average Bonchev–Trinajstić information content (AvgIpc) is 3.24. The van der Waals surface area contributed by atoms with Gasteiger partial charge >= 0.3 is 5.97 Å². The van der Waals surface area contributed by atoms with Gasteiger partial charge in [0.2, 0.25) is 0 Å². The maximum absolute atomic E-state index is 12.7. The molecule has 0 aliphatic rings. The molecule has 0 spiro atoms. The van der Waals surface area contributed by atoms with Crippen LogP contribution in [0, 0.1) is 0 Å². The number of thiazole rings is 1. The average molecular weight is 407 g/mol. The second-order valence-corrected chi connectivity index (χ2v) is 7.09. The number of nitrogens with zero attached hydrogens (tertiary/aromatic N) is 3. The Bertz CT molecular complexity index is 1220. The van der Waals surface area contributed by atoms with Gasteiger partial charge in [0, 0.05) is 16.3 Å². The lowest BCUT2D eigenvalue weighted by molar-refractivity contribution is 0.0460. The van der Waals surface area contributed by atoms with Gasteiger partial charge in [-0.15, -0.1) is 11.3 Å². The lowest BCUT2D eigenvalue weighted by Gasteiger charge is -2.09. The zero-order chi connectivity index (χ0) is 20.2. The molecule has 4 aromatic rings. The summed E-state index contributed by atoms with van der Waals surface area (Å²) >= 11 is 1.47. The molecule has 4 rings (SSSR count). The zero-order valence-electron chi connectivity index (χ0n) is 15.3. The van der Waals surface area contributed by atoms with Gasteiger partial charge in [-0.05, 0) is 6.07 Å². The number of aromatic nitrogens is 3. The van der Waals surface area contributed by atoms with Crippen LogP contribution in [0.25, 0.3) is 21.3 Å². The molecule has 2 aromatic carbocycles. The van der Waals surface area contributed by atoms with Crippen LogP contribution in [-0.4, -0.2) is 32.4 Å². The first-order valence-corrected chi connectivity index (χ1v) is 9.83. The largest absolute Gasteiger partial charge is 0.454 e. The van der Waals surface area contributed by atoms with Crippen LogP contribution < -0.4 is 5.56 Å². The van der Waals surface area contributed by atoms with Crippen molar-refractivity contribution >= 4 is 28.1 Å². The standard InChI is InChI=1S/C21H17N3O4S/c25-11-10-24-20(26)17-9-5-4-8-16(17)18(23-24)21(27)28-12-15-13-29-19(22-15)14-6-2-1-3-7-14/h1-9,13,25H,10-12H2. The smallest absolute Gasteiger partial charge is 0.359 e. The van der Waals surface area contributed by atoms with E-state index in [1.165, 1.54) is 11.3 Å². The number of carbonyl (C=O) groups is 1. The molecule has 2 aromatic heterocycles. The summed E-state index contributed by atoms with van der Waals surface area (Å²) in [5, 5.41) is 16.7. The molecule has 0 amide bonds. The van der Waals surface area contributed by atoms with E-state index in [4.69, 9.17) is 4.74 Å². The number of rotatable bonds is 6. The Morgan fingerprint density at radius 2 is 1.79 bits per heavy atom. The summed E-state index contributed by atoms with van der Waals surface area (Å²) in [5.74, 6) is -0.651. The van der Waals surface area contributed by atoms with Gasteiger partial charge in [-0.3, -0.25) is 4.79 Å². The Kier molecular flexibility index (Phi) is 5.46. The third-order valence-corrected chi connectivity index (χ3v) is 5.24. The highest BCUT2D eigenvalue weighted by atomic mass is 32.1. The molecule has 0 aliphatic heterocycles. The van der Waals surface area contributed by atoms with Crippen molar-refractivity contribution in [3.63, 3.8) is 0 Å². The third-order valence-electron chi connectivity index (χ3n) is 4.30. The van der Waals surface area contributed by atoms with Gasteiger partial charge in [-0.25, -0.2) is 14.5 Å². The van der Waals surface area contributed by atoms with Crippen molar-refractivity contribution in [1.82, 2.24) is 14.8 Å². The number of aliphatic hydroxyl groups excluding tert-OH is 1. The van der Waals surface area contributed by atoms with E-state index >= 15 is 0 Å². The summed E-state index contributed by atoms with van der Waals surface area (Å²) in [6.07, 6.45) is 0. The zero-order valence-corrected chi connectivity index (χ0v) is 16.1. The second-order valence-electron chi connectivity index (χ2n) is 6.23. The molecule has 146 valence electrons. The maximum Gasteiger partial charge on any atom is 0.359 e. The number of carbonyl (C=O) groups excluding carboxylic acids is 1. The van der Waals surface area contributed by atoms with E-state index in [9.17, 15) is 14.7 Å². The minimum atomic E-state index is -0.651. The summed E-state index contributed by atoms with van der Waals surface area (Å²) in [6, 6.07) is 16.5. The molecule has 0 atom stereocenters. The molecule has 0 aliphatic carbocycles. The van der Waals surface area contributed by atoms with Gasteiger partial charge in [-0.1, -0.05) is 48.5 Å². The third kappa shape index (κ3) is 3.94. The highest BCUT2D eigenvalue weighted by molar-refractivity contribution is 7.13. The van der Waals surface area contributed by atoms with Crippen LogP contribution in [0.4, 0.5) is 0 Å². The van der Waals surface area contributed by atoms with Gasteiger partial charge in [0.25, 0.3) is 5.56 Å². The monoisotopic (exact) mass is 407 g/mol. The van der Waals surface area contributed by atoms with Crippen molar-refractivity contribution < 1.29 is 14.6 Å². The summed E-state index contributed by atoms with van der Waals surface area (Å²) in [5.41, 5.74) is 1.30. The molecule has 8 heteroatoms. The first-order valence-electron chi connectivity index (χ1n) is 8.95. The van der Waals surface area contributed by atoms with E-state index < -0.39 is 5.97 Å². The molecule has 1 N–H and O–H groups in total. The van der Waals surface area contributed by atoms with E-state index in [-0.39, 0.29) is 31.0 Å². The van der Waals surface area contributed by atoms with E-state index in [1.807, 2.05) is 35.7 Å². The predicted octanol–water partition coefficient (Wildman–Crippen LogP) is 2.87. The Hall–Kier alpha value is -3.36. The first-order chi connectivity index (χ1) is 14.2. The number of benzene rings is 2. The van der Waals surface area contributed by atoms with Gasteiger partial charge < -0.3 is 9.84 Å². The van der Waals surface area contributed by atoms with Gasteiger partial charge in [-0.2, -0.15) is 5.10 Å². The topological polar surface area (TPSA) is 94.3 Å².